The van der Waals surface area contributed by atoms with E-state index in [4.69, 9.17) is 18.6 Å². The van der Waals surface area contributed by atoms with Crippen LogP contribution in [0.15, 0.2) is 33.4 Å². The van der Waals surface area contributed by atoms with Gasteiger partial charge in [-0.25, -0.2) is 24.4 Å². The summed E-state index contributed by atoms with van der Waals surface area (Å²) in [6.45, 7) is 17.6. The van der Waals surface area contributed by atoms with Crippen molar-refractivity contribution in [2.45, 2.75) is 92.6 Å². The molecule has 44 heavy (non-hydrogen) atoms. The molecule has 0 bridgehead atoms. The van der Waals surface area contributed by atoms with Crippen LogP contribution in [0.4, 0.5) is 20.2 Å². The molecular formula is C30H39BrN6O7. The van der Waals surface area contributed by atoms with Gasteiger partial charge in [-0.3, -0.25) is 0 Å². The third kappa shape index (κ3) is 9.46. The van der Waals surface area contributed by atoms with E-state index in [1.165, 1.54) is 11.1 Å². The molecule has 0 aliphatic rings. The first-order valence-corrected chi connectivity index (χ1v) is 14.6. The number of hydrogen-bond donors (Lipinski definition) is 0. The van der Waals surface area contributed by atoms with Gasteiger partial charge in [0.2, 0.25) is 5.89 Å². The lowest BCUT2D eigenvalue weighted by atomic mass is 10.0. The Kier molecular flexibility index (Phi) is 10.1. The maximum atomic E-state index is 13.3. The van der Waals surface area contributed by atoms with Crippen molar-refractivity contribution >= 4 is 40.0 Å². The summed E-state index contributed by atoms with van der Waals surface area (Å²) < 4.78 is 22.7. The Hall–Kier alpha value is -4.07. The summed E-state index contributed by atoms with van der Waals surface area (Å²) in [4.78, 5) is 49.7. The number of ether oxygens (including phenoxy) is 3. The molecule has 1 aromatic carbocycles. The highest BCUT2D eigenvalue weighted by atomic mass is 79.9. The minimum atomic E-state index is -1.02. The van der Waals surface area contributed by atoms with Gasteiger partial charge in [0.25, 0.3) is 5.89 Å². The zero-order chi connectivity index (χ0) is 33.2. The summed E-state index contributed by atoms with van der Waals surface area (Å²) in [5, 5.41) is 8.33. The van der Waals surface area contributed by atoms with Gasteiger partial charge < -0.3 is 23.5 Å². The standard InChI is InChI=1S/C30H39BrN6O7/c1-17-14-18(16-36(11)25(38)42-28(2,3)4)12-13-19(17)23-34-35-24(41-23)21-22(32-15-20(31)33-21)37(26(39)43-29(5,6)7)27(40)44-30(8,9)10/h12-15H,16H2,1-11H3. The third-order valence-corrected chi connectivity index (χ3v) is 5.74. The van der Waals surface area contributed by atoms with Crippen molar-refractivity contribution in [2.24, 2.45) is 0 Å². The van der Waals surface area contributed by atoms with Gasteiger partial charge in [-0.1, -0.05) is 12.1 Å². The summed E-state index contributed by atoms with van der Waals surface area (Å²) in [6.07, 6.45) is -1.16. The second-order valence-electron chi connectivity index (χ2n) is 13.1. The van der Waals surface area contributed by atoms with E-state index < -0.39 is 35.1 Å². The van der Waals surface area contributed by atoms with Gasteiger partial charge in [-0.15, -0.1) is 10.2 Å². The van der Waals surface area contributed by atoms with Gasteiger partial charge in [0.15, 0.2) is 11.5 Å². The van der Waals surface area contributed by atoms with E-state index in [0.29, 0.717) is 21.6 Å². The average Bonchev–Trinajstić information content (AvgIpc) is 3.31. The van der Waals surface area contributed by atoms with Crippen LogP contribution in [0.5, 0.6) is 0 Å². The van der Waals surface area contributed by atoms with E-state index in [1.54, 1.807) is 54.7 Å². The summed E-state index contributed by atoms with van der Waals surface area (Å²) in [7, 11) is 1.66. The van der Waals surface area contributed by atoms with Crippen LogP contribution in [0, 0.1) is 6.92 Å². The molecule has 0 unspecified atom stereocenters. The van der Waals surface area contributed by atoms with Crippen LogP contribution in [0.2, 0.25) is 0 Å². The normalized spacial score (nSPS) is 12.0. The molecule has 13 nitrogen and oxygen atoms in total. The largest absolute Gasteiger partial charge is 0.444 e. The Bertz CT molecular complexity index is 1510. The minimum Gasteiger partial charge on any atom is -0.444 e. The quantitative estimate of drug-likeness (QED) is 0.251. The molecule has 0 atom stereocenters. The smallest absolute Gasteiger partial charge is 0.425 e. The van der Waals surface area contributed by atoms with Crippen molar-refractivity contribution in [1.82, 2.24) is 25.1 Å². The number of hydrogen-bond acceptors (Lipinski definition) is 11. The molecule has 238 valence electrons. The number of aromatic nitrogens is 4. The van der Waals surface area contributed by atoms with Crippen molar-refractivity contribution in [3.63, 3.8) is 0 Å². The highest BCUT2D eigenvalue weighted by Gasteiger charge is 2.37. The maximum Gasteiger partial charge on any atom is 0.425 e. The fourth-order valence-corrected chi connectivity index (χ4v) is 3.98. The van der Waals surface area contributed by atoms with Crippen LogP contribution in [-0.2, 0) is 20.8 Å². The van der Waals surface area contributed by atoms with Crippen LogP contribution >= 0.6 is 15.9 Å². The summed E-state index contributed by atoms with van der Waals surface area (Å²) >= 11 is 3.28. The molecule has 2 heterocycles. The molecule has 0 fully saturated rings. The third-order valence-electron chi connectivity index (χ3n) is 5.36. The fraction of sp³-hybridized carbons (Fsp3) is 0.500. The van der Waals surface area contributed by atoms with Crippen LogP contribution in [-0.4, -0.2) is 67.2 Å². The van der Waals surface area contributed by atoms with E-state index in [2.05, 4.69) is 36.1 Å². The van der Waals surface area contributed by atoms with Crippen LogP contribution in [0.1, 0.15) is 73.4 Å². The number of carbonyl (C=O) groups is 3. The van der Waals surface area contributed by atoms with Crippen molar-refractivity contribution in [3.8, 4) is 23.0 Å². The molecule has 2 aromatic heterocycles. The Balaban J connectivity index is 1.98. The maximum absolute atomic E-state index is 13.3. The average molecular weight is 676 g/mol. The van der Waals surface area contributed by atoms with E-state index >= 15 is 0 Å². The zero-order valence-corrected chi connectivity index (χ0v) is 28.5. The van der Waals surface area contributed by atoms with Gasteiger partial charge in [0.1, 0.15) is 21.4 Å². The first kappa shape index (κ1) is 34.4. The number of imide groups is 1. The number of benzene rings is 1. The SMILES string of the molecule is Cc1cc(CN(C)C(=O)OC(C)(C)C)ccc1-c1nnc(-c2nc(Br)cnc2N(C(=O)OC(C)(C)C)C(=O)OC(C)(C)C)o1. The van der Waals surface area contributed by atoms with Crippen molar-refractivity contribution in [2.75, 3.05) is 11.9 Å². The van der Waals surface area contributed by atoms with E-state index in [1.807, 2.05) is 39.8 Å². The van der Waals surface area contributed by atoms with Gasteiger partial charge in [-0.2, -0.15) is 4.90 Å². The van der Waals surface area contributed by atoms with Crippen molar-refractivity contribution in [1.29, 1.82) is 0 Å². The van der Waals surface area contributed by atoms with Crippen molar-refractivity contribution < 1.29 is 33.0 Å². The molecule has 3 amide bonds. The number of nitrogens with zero attached hydrogens (tertiary/aromatic N) is 6. The minimum absolute atomic E-state index is 0.0527. The number of amides is 3. The molecule has 3 rings (SSSR count). The van der Waals surface area contributed by atoms with Gasteiger partial charge in [0, 0.05) is 19.2 Å². The lowest BCUT2D eigenvalue weighted by molar-refractivity contribution is 0.0283. The highest BCUT2D eigenvalue weighted by molar-refractivity contribution is 9.10. The second-order valence-corrected chi connectivity index (χ2v) is 13.9. The predicted molar refractivity (Wildman–Crippen MR) is 166 cm³/mol. The molecule has 0 saturated heterocycles. The van der Waals surface area contributed by atoms with Crippen molar-refractivity contribution in [3.05, 3.63) is 40.1 Å². The van der Waals surface area contributed by atoms with Crippen LogP contribution in [0.25, 0.3) is 23.0 Å². The second kappa shape index (κ2) is 12.9. The summed E-state index contributed by atoms with van der Waals surface area (Å²) in [5.74, 6) is -0.156. The molecule has 14 heteroatoms. The molecule has 0 N–H and O–H groups in total. The molecule has 0 spiro atoms. The van der Waals surface area contributed by atoms with Crippen LogP contribution in [0.3, 0.4) is 0 Å². The molecule has 3 aromatic rings. The van der Waals surface area contributed by atoms with E-state index in [-0.39, 0.29) is 23.3 Å². The molecule has 0 radical (unpaired) electrons. The van der Waals surface area contributed by atoms with E-state index in [9.17, 15) is 14.4 Å². The predicted octanol–water partition coefficient (Wildman–Crippen LogP) is 7.31. The number of halogens is 1. The monoisotopic (exact) mass is 674 g/mol. The van der Waals surface area contributed by atoms with Crippen LogP contribution < -0.4 is 4.90 Å². The zero-order valence-electron chi connectivity index (χ0n) is 26.9. The lowest BCUT2D eigenvalue weighted by Gasteiger charge is -2.28. The van der Waals surface area contributed by atoms with E-state index in [0.717, 1.165) is 11.1 Å². The number of aryl methyl sites for hydroxylation is 1. The Labute approximate surface area is 265 Å². The number of carbonyl (C=O) groups excluding carboxylic acids is 3. The molecular weight excluding hydrogens is 636 g/mol. The number of rotatable bonds is 5. The Morgan fingerprint density at radius 3 is 1.89 bits per heavy atom. The summed E-state index contributed by atoms with van der Waals surface area (Å²) in [5.41, 5.74) is -0.205. The molecule has 0 aliphatic carbocycles. The number of anilines is 1. The highest BCUT2D eigenvalue weighted by Crippen LogP contribution is 2.33. The van der Waals surface area contributed by atoms with Gasteiger partial charge in [0.05, 0.1) is 6.20 Å². The van der Waals surface area contributed by atoms with Gasteiger partial charge in [-0.05, 0) is 102 Å². The molecule has 0 saturated carbocycles. The first-order valence-electron chi connectivity index (χ1n) is 13.8. The Morgan fingerprint density at radius 1 is 0.841 bits per heavy atom. The summed E-state index contributed by atoms with van der Waals surface area (Å²) in [6, 6.07) is 5.54. The Morgan fingerprint density at radius 2 is 1.36 bits per heavy atom. The first-order chi connectivity index (χ1) is 20.1. The molecule has 0 aliphatic heterocycles. The van der Waals surface area contributed by atoms with Gasteiger partial charge >= 0.3 is 18.3 Å². The topological polar surface area (TPSA) is 150 Å². The lowest BCUT2D eigenvalue weighted by Crippen LogP contribution is -2.44. The fourth-order valence-electron chi connectivity index (χ4n) is 3.70.